The summed E-state index contributed by atoms with van der Waals surface area (Å²) in [6, 6.07) is 1.60. The van der Waals surface area contributed by atoms with Gasteiger partial charge in [0.2, 0.25) is 0 Å². The minimum atomic E-state index is -4.99. The van der Waals surface area contributed by atoms with Gasteiger partial charge in [-0.1, -0.05) is 0 Å². The largest absolute Gasteiger partial charge is 0.431 e. The molecule has 0 spiro atoms. The number of benzene rings is 1. The fourth-order valence-electron chi connectivity index (χ4n) is 2.33. The second-order valence-electron chi connectivity index (χ2n) is 5.34. The Morgan fingerprint density at radius 1 is 1.22 bits per heavy atom. The van der Waals surface area contributed by atoms with Gasteiger partial charge in [-0.25, -0.2) is 22.7 Å². The fourth-order valence-corrected chi connectivity index (χ4v) is 2.60. The number of nitrogens with one attached hydrogen (secondary N) is 1. The van der Waals surface area contributed by atoms with E-state index in [0.29, 0.717) is 0 Å². The number of aryl methyl sites for hydroxylation is 1. The third kappa shape index (κ3) is 3.98. The number of aromatic nitrogens is 2. The summed E-state index contributed by atoms with van der Waals surface area (Å²) in [7, 11) is 0.746. The van der Waals surface area contributed by atoms with E-state index in [9.17, 15) is 36.2 Å². The first-order chi connectivity index (χ1) is 12.3. The van der Waals surface area contributed by atoms with Crippen LogP contribution in [0.25, 0.3) is 5.69 Å². The predicted molar refractivity (Wildman–Crippen MR) is 85.2 cm³/mol. The summed E-state index contributed by atoms with van der Waals surface area (Å²) < 4.78 is 74.2. The van der Waals surface area contributed by atoms with Crippen LogP contribution in [-0.2, 0) is 24.5 Å². The zero-order chi connectivity index (χ0) is 20.7. The van der Waals surface area contributed by atoms with Gasteiger partial charge in [-0.05, 0) is 24.6 Å². The van der Waals surface area contributed by atoms with Gasteiger partial charge >= 0.3 is 11.9 Å². The Bertz CT molecular complexity index is 1070. The van der Waals surface area contributed by atoms with Crippen molar-refractivity contribution in [2.45, 2.75) is 13.1 Å². The first-order valence-corrected chi connectivity index (χ1v) is 8.08. The number of hydrogen-bond donors (Lipinski definition) is 2. The molecule has 13 heteroatoms. The summed E-state index contributed by atoms with van der Waals surface area (Å²) in [6.45, 7) is 1.27. The first-order valence-electron chi connectivity index (χ1n) is 6.97. The Labute approximate surface area is 150 Å². The molecule has 2 rings (SSSR count). The van der Waals surface area contributed by atoms with Crippen LogP contribution in [0.5, 0.6) is 0 Å². The quantitative estimate of drug-likeness (QED) is 0.578. The lowest BCUT2D eigenvalue weighted by Gasteiger charge is -2.15. The molecule has 0 bridgehead atoms. The lowest BCUT2D eigenvalue weighted by Crippen LogP contribution is -2.41. The zero-order valence-electron chi connectivity index (χ0n) is 13.6. The molecule has 2 N–H and O–H groups in total. The highest BCUT2D eigenvalue weighted by molar-refractivity contribution is 7.77. The van der Waals surface area contributed by atoms with E-state index >= 15 is 0 Å². The van der Waals surface area contributed by atoms with Crippen molar-refractivity contribution in [2.75, 3.05) is 0 Å². The number of carbonyl (C=O) groups excluding carboxylic acids is 1. The lowest BCUT2D eigenvalue weighted by molar-refractivity contribution is -0.144. The molecule has 0 radical (unpaired) electrons. The van der Waals surface area contributed by atoms with Crippen LogP contribution >= 0.6 is 0 Å². The van der Waals surface area contributed by atoms with Crippen molar-refractivity contribution in [3.63, 3.8) is 0 Å². The molecular formula is C14H11F4N3O5S. The number of hydrogen-bond acceptors (Lipinski definition) is 4. The van der Waals surface area contributed by atoms with Crippen LogP contribution in [0.4, 0.5) is 17.6 Å². The van der Waals surface area contributed by atoms with E-state index in [1.54, 1.807) is 4.72 Å². The van der Waals surface area contributed by atoms with E-state index in [1.807, 2.05) is 0 Å². The van der Waals surface area contributed by atoms with Gasteiger partial charge < -0.3 is 0 Å². The zero-order valence-corrected chi connectivity index (χ0v) is 14.4. The number of rotatable bonds is 3. The topological polar surface area (TPSA) is 110 Å². The van der Waals surface area contributed by atoms with Crippen molar-refractivity contribution in [1.82, 2.24) is 13.9 Å². The smallest absolute Gasteiger partial charge is 0.292 e. The van der Waals surface area contributed by atoms with E-state index < -0.39 is 51.8 Å². The van der Waals surface area contributed by atoms with Crippen LogP contribution in [0.15, 0.2) is 27.8 Å². The third-order valence-corrected chi connectivity index (χ3v) is 3.93. The van der Waals surface area contributed by atoms with Gasteiger partial charge in [-0.15, -0.1) is 0 Å². The molecule has 2 aromatic rings. The van der Waals surface area contributed by atoms with Crippen LogP contribution in [0.3, 0.4) is 0 Å². The van der Waals surface area contributed by atoms with Gasteiger partial charge in [0.25, 0.3) is 22.7 Å². The lowest BCUT2D eigenvalue weighted by atomic mass is 10.1. The van der Waals surface area contributed by atoms with E-state index in [2.05, 4.69) is 0 Å². The highest BCUT2D eigenvalue weighted by atomic mass is 32.2. The van der Waals surface area contributed by atoms with Crippen LogP contribution in [-0.4, -0.2) is 23.8 Å². The van der Waals surface area contributed by atoms with Crippen molar-refractivity contribution < 1.29 is 31.1 Å². The number of amides is 1. The minimum Gasteiger partial charge on any atom is -0.292 e. The molecule has 146 valence electrons. The summed E-state index contributed by atoms with van der Waals surface area (Å²) in [5.74, 6) is -2.28. The molecule has 0 fully saturated rings. The van der Waals surface area contributed by atoms with E-state index in [0.717, 1.165) is 19.2 Å². The Kier molecular flexibility index (Phi) is 5.37. The van der Waals surface area contributed by atoms with Crippen molar-refractivity contribution in [3.8, 4) is 5.69 Å². The van der Waals surface area contributed by atoms with Crippen molar-refractivity contribution in [3.05, 3.63) is 61.7 Å². The molecule has 0 aliphatic carbocycles. The summed E-state index contributed by atoms with van der Waals surface area (Å²) >= 11 is -2.74. The molecule has 1 atom stereocenters. The maximum Gasteiger partial charge on any atom is 0.431 e. The molecule has 0 aliphatic heterocycles. The number of alkyl halides is 3. The van der Waals surface area contributed by atoms with Gasteiger partial charge in [0.1, 0.15) is 11.5 Å². The van der Waals surface area contributed by atoms with Gasteiger partial charge in [-0.3, -0.25) is 18.7 Å². The standard InChI is InChI=1S/C14H11F4N3O5S/c1-6-3-8(15)9(4-7(6)12(23)19-27(25)26)21-11(22)5-10(14(16,17)18)20(2)13(21)24/h3-5H,1-2H3,(H,19,23)(H,25,26). The van der Waals surface area contributed by atoms with Crippen LogP contribution in [0.2, 0.25) is 0 Å². The summed E-state index contributed by atoms with van der Waals surface area (Å²) in [5, 5.41) is 0. The van der Waals surface area contributed by atoms with E-state index in [-0.39, 0.29) is 26.3 Å². The molecule has 8 nitrogen and oxygen atoms in total. The summed E-state index contributed by atoms with van der Waals surface area (Å²) in [5.41, 5.74) is -5.64. The van der Waals surface area contributed by atoms with E-state index in [4.69, 9.17) is 4.55 Å². The van der Waals surface area contributed by atoms with Gasteiger partial charge in [0, 0.05) is 18.7 Å². The molecule has 0 saturated carbocycles. The Morgan fingerprint density at radius 2 is 1.81 bits per heavy atom. The summed E-state index contributed by atoms with van der Waals surface area (Å²) in [6.07, 6.45) is -4.99. The molecule has 0 saturated heterocycles. The van der Waals surface area contributed by atoms with Crippen molar-refractivity contribution in [1.29, 1.82) is 0 Å². The van der Waals surface area contributed by atoms with Gasteiger partial charge in [0.15, 0.2) is 0 Å². The minimum absolute atomic E-state index is 0.00372. The Morgan fingerprint density at radius 3 is 2.33 bits per heavy atom. The van der Waals surface area contributed by atoms with Crippen LogP contribution < -0.4 is 16.0 Å². The molecule has 1 amide bonds. The van der Waals surface area contributed by atoms with Gasteiger partial charge in [0.05, 0.1) is 5.69 Å². The molecule has 1 heterocycles. The average Bonchev–Trinajstić information content (AvgIpc) is 2.50. The van der Waals surface area contributed by atoms with Crippen molar-refractivity contribution >= 4 is 17.2 Å². The number of halogens is 4. The van der Waals surface area contributed by atoms with Crippen molar-refractivity contribution in [2.24, 2.45) is 7.05 Å². The van der Waals surface area contributed by atoms with Gasteiger partial charge in [-0.2, -0.15) is 13.2 Å². The van der Waals surface area contributed by atoms with E-state index in [1.165, 1.54) is 6.92 Å². The Balaban J connectivity index is 2.78. The monoisotopic (exact) mass is 409 g/mol. The molecule has 27 heavy (non-hydrogen) atoms. The first kappa shape index (κ1) is 20.5. The predicted octanol–water partition coefficient (Wildman–Crippen LogP) is 0.869. The molecule has 1 aromatic carbocycles. The van der Waals surface area contributed by atoms with Crippen LogP contribution in [0, 0.1) is 12.7 Å². The second kappa shape index (κ2) is 7.08. The molecular weight excluding hydrogens is 398 g/mol. The number of carbonyl (C=O) groups is 1. The number of nitrogens with zero attached hydrogens (tertiary/aromatic N) is 2. The van der Waals surface area contributed by atoms with Crippen LogP contribution in [0.1, 0.15) is 21.6 Å². The molecule has 0 aliphatic rings. The maximum atomic E-state index is 14.3. The highest BCUT2D eigenvalue weighted by Gasteiger charge is 2.35. The fraction of sp³-hybridized carbons (Fsp3) is 0.214. The molecule has 1 aromatic heterocycles. The SMILES string of the molecule is Cc1cc(F)c(-n2c(=O)cc(C(F)(F)F)n(C)c2=O)cc1C(=O)NS(=O)O. The second-order valence-corrected chi connectivity index (χ2v) is 6.04. The summed E-state index contributed by atoms with van der Waals surface area (Å²) in [4.78, 5) is 36.2. The maximum absolute atomic E-state index is 14.3. The highest BCUT2D eigenvalue weighted by Crippen LogP contribution is 2.27. The Hall–Kier alpha value is -2.80. The normalized spacial score (nSPS) is 12.7. The third-order valence-electron chi connectivity index (χ3n) is 3.57. The molecule has 1 unspecified atom stereocenters. The average molecular weight is 409 g/mol.